The van der Waals surface area contributed by atoms with E-state index in [1.54, 1.807) is 12.1 Å². The van der Waals surface area contributed by atoms with E-state index in [9.17, 15) is 27.6 Å². The molecular weight excluding hydrogens is 669 g/mol. The average Bonchev–Trinajstić information content (AvgIpc) is 3.14. The molecule has 0 aliphatic carbocycles. The highest BCUT2D eigenvalue weighted by Gasteiger charge is 2.20. The van der Waals surface area contributed by atoms with E-state index in [2.05, 4.69) is 10.6 Å². The van der Waals surface area contributed by atoms with Crippen LogP contribution in [0.5, 0.6) is 0 Å². The Morgan fingerprint density at radius 1 is 0.471 bits per heavy atom. The lowest BCUT2D eigenvalue weighted by atomic mass is 10.0. The van der Waals surface area contributed by atoms with Crippen LogP contribution in [0.3, 0.4) is 0 Å². The van der Waals surface area contributed by atoms with Crippen molar-refractivity contribution in [2.45, 2.75) is 9.79 Å². The number of fused-ring (bicyclic) bond motifs is 6. The van der Waals surface area contributed by atoms with E-state index >= 15 is 0 Å². The Morgan fingerprint density at radius 3 is 1.27 bits per heavy atom. The van der Waals surface area contributed by atoms with E-state index < -0.39 is 32.9 Å². The van der Waals surface area contributed by atoms with Crippen molar-refractivity contribution in [1.82, 2.24) is 0 Å². The normalized spacial score (nSPS) is 11.6. The molecule has 2 aromatic heterocycles. The molecule has 6 aromatic carbocycles. The fourth-order valence-corrected chi connectivity index (χ4v) is 7.29. The fraction of sp³-hybridized carbons (Fsp3) is 0. The van der Waals surface area contributed by atoms with Gasteiger partial charge in [-0.25, -0.2) is 18.0 Å². The Bertz CT molecular complexity index is 2750. The molecule has 0 saturated heterocycles. The molecule has 11 heteroatoms. The third-order valence-corrected chi connectivity index (χ3v) is 10.4. The molecule has 10 nitrogen and oxygen atoms in total. The average molecular weight is 693 g/mol. The van der Waals surface area contributed by atoms with Crippen molar-refractivity contribution in [1.29, 1.82) is 0 Å². The summed E-state index contributed by atoms with van der Waals surface area (Å²) in [5.74, 6) is -1.41. The summed E-state index contributed by atoms with van der Waals surface area (Å²) >= 11 is 0. The van der Waals surface area contributed by atoms with E-state index in [1.807, 2.05) is 60.7 Å². The molecule has 0 unspecified atom stereocenters. The minimum Gasteiger partial charge on any atom is -0.422 e. The largest absolute Gasteiger partial charge is 0.422 e. The highest BCUT2D eigenvalue weighted by Crippen LogP contribution is 2.28. The molecule has 8 aromatic rings. The van der Waals surface area contributed by atoms with Gasteiger partial charge in [0.1, 0.15) is 22.3 Å². The Morgan fingerprint density at radius 2 is 0.863 bits per heavy atom. The molecule has 0 aliphatic heterocycles. The molecule has 2 heterocycles. The maximum atomic E-state index is 13.4. The molecule has 2 N–H and O–H groups in total. The van der Waals surface area contributed by atoms with E-state index in [4.69, 9.17) is 8.83 Å². The van der Waals surface area contributed by atoms with Crippen molar-refractivity contribution in [3.63, 3.8) is 0 Å². The molecule has 248 valence electrons. The zero-order valence-corrected chi connectivity index (χ0v) is 27.2. The molecule has 8 rings (SSSR count). The SMILES string of the molecule is O=C(Nc1ccc(S(=O)(=O)c2ccc(NC(=O)c3cc4c(ccc5ccccc54)oc3=O)cc2)cc1)c1cc2c(ccc3ccccc32)oc1=O. The quantitative estimate of drug-likeness (QED) is 0.134. The second-order valence-electron chi connectivity index (χ2n) is 11.8. The highest BCUT2D eigenvalue weighted by atomic mass is 32.2. The van der Waals surface area contributed by atoms with Gasteiger partial charge in [0.2, 0.25) is 9.84 Å². The summed E-state index contributed by atoms with van der Waals surface area (Å²) in [5, 5.41) is 9.97. The minimum atomic E-state index is -3.99. The topological polar surface area (TPSA) is 153 Å². The molecule has 0 radical (unpaired) electrons. The lowest BCUT2D eigenvalue weighted by Crippen LogP contribution is -2.20. The van der Waals surface area contributed by atoms with Crippen LogP contribution >= 0.6 is 0 Å². The second-order valence-corrected chi connectivity index (χ2v) is 13.7. The van der Waals surface area contributed by atoms with Gasteiger partial charge in [-0.15, -0.1) is 0 Å². The maximum Gasteiger partial charge on any atom is 0.349 e. The van der Waals surface area contributed by atoms with Gasteiger partial charge in [0.05, 0.1) is 9.79 Å². The monoisotopic (exact) mass is 692 g/mol. The summed E-state index contributed by atoms with van der Waals surface area (Å²) in [4.78, 5) is 51.4. The third kappa shape index (κ3) is 5.71. The lowest BCUT2D eigenvalue weighted by Gasteiger charge is -2.10. The van der Waals surface area contributed by atoms with Gasteiger partial charge in [-0.1, -0.05) is 60.7 Å². The molecule has 0 atom stereocenters. The number of carbonyl (C=O) groups excluding carboxylic acids is 2. The van der Waals surface area contributed by atoms with Crippen LogP contribution in [0.1, 0.15) is 20.7 Å². The smallest absolute Gasteiger partial charge is 0.349 e. The van der Waals surface area contributed by atoms with Gasteiger partial charge in [0, 0.05) is 22.1 Å². The van der Waals surface area contributed by atoms with Gasteiger partial charge in [-0.05, 0) is 94.3 Å². The Balaban J connectivity index is 0.985. The van der Waals surface area contributed by atoms with Gasteiger partial charge >= 0.3 is 11.3 Å². The predicted octanol–water partition coefficient (Wildman–Crippen LogP) is 7.54. The lowest BCUT2D eigenvalue weighted by molar-refractivity contribution is 0.101. The van der Waals surface area contributed by atoms with Crippen LogP contribution in [0.25, 0.3) is 43.5 Å². The predicted molar refractivity (Wildman–Crippen MR) is 194 cm³/mol. The zero-order valence-electron chi connectivity index (χ0n) is 26.4. The first-order valence-corrected chi connectivity index (χ1v) is 17.1. The number of hydrogen-bond donors (Lipinski definition) is 2. The number of anilines is 2. The number of carbonyl (C=O) groups is 2. The van der Waals surface area contributed by atoms with E-state index in [0.717, 1.165) is 21.5 Å². The molecule has 2 amide bonds. The molecule has 0 bridgehead atoms. The molecule has 0 spiro atoms. The van der Waals surface area contributed by atoms with E-state index in [-0.39, 0.29) is 32.3 Å². The number of hydrogen-bond acceptors (Lipinski definition) is 8. The number of nitrogens with one attached hydrogen (secondary N) is 2. The summed E-state index contributed by atoms with van der Waals surface area (Å²) in [6.07, 6.45) is 0. The third-order valence-electron chi connectivity index (χ3n) is 8.62. The Kier molecular flexibility index (Phi) is 7.54. The fourth-order valence-electron chi connectivity index (χ4n) is 6.03. The standard InChI is InChI=1S/C40H24N2O8S/c43-37(33-21-31-29-7-3-1-5-23(29)9-19-35(31)49-39(33)45)41-25-11-15-27(16-12-25)51(47,48)28-17-13-26(14-18-28)42-38(44)34-22-32-30-8-4-2-6-24(30)10-20-36(32)50-40(34)46/h1-22H,(H,41,43)(H,42,44). The molecule has 0 fully saturated rings. The number of amides is 2. The van der Waals surface area contributed by atoms with Crippen LogP contribution < -0.4 is 21.9 Å². The summed E-state index contributed by atoms with van der Waals surface area (Å²) in [5.41, 5.74) is -0.762. The summed E-state index contributed by atoms with van der Waals surface area (Å²) in [6, 6.07) is 36.0. The number of sulfone groups is 1. The zero-order chi connectivity index (χ0) is 35.3. The molecular formula is C40H24N2O8S. The van der Waals surface area contributed by atoms with Gasteiger partial charge in [-0.3, -0.25) is 9.59 Å². The summed E-state index contributed by atoms with van der Waals surface area (Å²) in [7, 11) is -3.99. The van der Waals surface area contributed by atoms with Gasteiger partial charge in [0.25, 0.3) is 11.8 Å². The van der Waals surface area contributed by atoms with E-state index in [0.29, 0.717) is 21.9 Å². The Labute approximate surface area is 288 Å². The van der Waals surface area contributed by atoms with Crippen molar-refractivity contribution >= 4 is 76.5 Å². The first kappa shape index (κ1) is 31.4. The summed E-state index contributed by atoms with van der Waals surface area (Å²) in [6.45, 7) is 0. The van der Waals surface area contributed by atoms with Crippen molar-refractivity contribution in [3.8, 4) is 0 Å². The van der Waals surface area contributed by atoms with Crippen LogP contribution in [0.4, 0.5) is 11.4 Å². The van der Waals surface area contributed by atoms with Gasteiger partial charge in [0.15, 0.2) is 0 Å². The first-order valence-electron chi connectivity index (χ1n) is 15.6. The van der Waals surface area contributed by atoms with E-state index in [1.165, 1.54) is 60.7 Å². The van der Waals surface area contributed by atoms with Crippen molar-refractivity contribution in [3.05, 3.63) is 165 Å². The molecule has 0 aliphatic rings. The highest BCUT2D eigenvalue weighted by molar-refractivity contribution is 7.91. The number of benzene rings is 6. The van der Waals surface area contributed by atoms with Crippen molar-refractivity contribution < 1.29 is 26.8 Å². The van der Waals surface area contributed by atoms with Crippen LogP contribution in [0.15, 0.2) is 162 Å². The van der Waals surface area contributed by atoms with Crippen LogP contribution in [-0.2, 0) is 9.84 Å². The first-order chi connectivity index (χ1) is 24.7. The van der Waals surface area contributed by atoms with Gasteiger partial charge in [-0.2, -0.15) is 0 Å². The van der Waals surface area contributed by atoms with Crippen LogP contribution in [0.2, 0.25) is 0 Å². The van der Waals surface area contributed by atoms with Crippen LogP contribution in [-0.4, -0.2) is 20.2 Å². The summed E-state index contributed by atoms with van der Waals surface area (Å²) < 4.78 is 37.7. The van der Waals surface area contributed by atoms with Crippen molar-refractivity contribution in [2.24, 2.45) is 0 Å². The Hall–Kier alpha value is -6.85. The molecule has 0 saturated carbocycles. The molecule has 51 heavy (non-hydrogen) atoms. The second kappa shape index (κ2) is 12.2. The van der Waals surface area contributed by atoms with Crippen LogP contribution in [0, 0.1) is 0 Å². The number of rotatable bonds is 6. The van der Waals surface area contributed by atoms with Crippen molar-refractivity contribution in [2.75, 3.05) is 10.6 Å². The maximum absolute atomic E-state index is 13.4. The van der Waals surface area contributed by atoms with Gasteiger partial charge < -0.3 is 19.5 Å². The minimum absolute atomic E-state index is 0.0463.